The van der Waals surface area contributed by atoms with Gasteiger partial charge in [-0.3, -0.25) is 9.48 Å². The van der Waals surface area contributed by atoms with Gasteiger partial charge in [0.05, 0.1) is 18.3 Å². The second-order valence-electron chi connectivity index (χ2n) is 8.85. The molecule has 3 aromatic rings. The molecule has 0 radical (unpaired) electrons. The van der Waals surface area contributed by atoms with Crippen LogP contribution in [0.4, 0.5) is 0 Å². The van der Waals surface area contributed by atoms with Gasteiger partial charge in [0.25, 0.3) is 5.91 Å². The third-order valence-corrected chi connectivity index (χ3v) is 5.28. The third-order valence-electron chi connectivity index (χ3n) is 5.28. The van der Waals surface area contributed by atoms with E-state index in [0.29, 0.717) is 12.1 Å². The number of benzene rings is 2. The van der Waals surface area contributed by atoms with Crippen molar-refractivity contribution in [3.8, 4) is 0 Å². The molecule has 1 N–H and O–H groups in total. The van der Waals surface area contributed by atoms with E-state index in [1.54, 1.807) is 0 Å². The number of hydrogen-bond acceptors (Lipinski definition) is 2. The summed E-state index contributed by atoms with van der Waals surface area (Å²) in [4.78, 5) is 12.7. The molecule has 0 bridgehead atoms. The lowest BCUT2D eigenvalue weighted by molar-refractivity contribution is 0.0940. The highest BCUT2D eigenvalue weighted by atomic mass is 16.1. The Balaban J connectivity index is 1.63. The highest BCUT2D eigenvalue weighted by Gasteiger charge is 2.15. The van der Waals surface area contributed by atoms with E-state index in [0.717, 1.165) is 22.5 Å². The lowest BCUT2D eigenvalue weighted by Gasteiger charge is -2.20. The summed E-state index contributed by atoms with van der Waals surface area (Å²) in [6, 6.07) is 18.3. The minimum atomic E-state index is -0.0601. The van der Waals surface area contributed by atoms with Gasteiger partial charge in [-0.1, -0.05) is 57.2 Å². The molecule has 1 heterocycles. The third kappa shape index (κ3) is 5.14. The number of rotatable bonds is 5. The molecular weight excluding hydrogens is 358 g/mol. The molecule has 4 heteroatoms. The van der Waals surface area contributed by atoms with Gasteiger partial charge < -0.3 is 5.32 Å². The van der Waals surface area contributed by atoms with Crippen molar-refractivity contribution < 1.29 is 4.79 Å². The van der Waals surface area contributed by atoms with Gasteiger partial charge in [-0.05, 0) is 61.1 Å². The number of carbonyl (C=O) groups excluding carboxylic acids is 1. The second-order valence-corrected chi connectivity index (χ2v) is 8.85. The first-order valence-corrected chi connectivity index (χ1v) is 10.1. The summed E-state index contributed by atoms with van der Waals surface area (Å²) in [6.07, 6.45) is 0. The van der Waals surface area contributed by atoms with Crippen molar-refractivity contribution in [1.29, 1.82) is 0 Å². The lowest BCUT2D eigenvalue weighted by Crippen LogP contribution is -2.26. The Bertz CT molecular complexity index is 976. The first kappa shape index (κ1) is 20.8. The van der Waals surface area contributed by atoms with E-state index in [1.807, 2.05) is 42.8 Å². The summed E-state index contributed by atoms with van der Waals surface area (Å²) in [5, 5.41) is 7.59. The highest BCUT2D eigenvalue weighted by Crippen LogP contribution is 2.24. The van der Waals surface area contributed by atoms with Crippen LogP contribution in [-0.4, -0.2) is 15.7 Å². The quantitative estimate of drug-likeness (QED) is 0.640. The molecule has 0 aliphatic heterocycles. The van der Waals surface area contributed by atoms with Crippen molar-refractivity contribution in [1.82, 2.24) is 15.1 Å². The number of nitrogens with zero attached hydrogens (tertiary/aromatic N) is 2. The summed E-state index contributed by atoms with van der Waals surface area (Å²) >= 11 is 0. The molecule has 0 fully saturated rings. The molecule has 1 unspecified atom stereocenters. The van der Waals surface area contributed by atoms with Crippen LogP contribution in [0.15, 0.2) is 54.6 Å². The van der Waals surface area contributed by atoms with E-state index in [-0.39, 0.29) is 17.4 Å². The normalized spacial score (nSPS) is 12.6. The summed E-state index contributed by atoms with van der Waals surface area (Å²) < 4.78 is 1.98. The fourth-order valence-electron chi connectivity index (χ4n) is 3.40. The predicted molar refractivity (Wildman–Crippen MR) is 118 cm³/mol. The Morgan fingerprint density at radius 2 is 1.66 bits per heavy atom. The van der Waals surface area contributed by atoms with Gasteiger partial charge in [0.15, 0.2) is 0 Å². The Kier molecular flexibility index (Phi) is 5.92. The van der Waals surface area contributed by atoms with Crippen LogP contribution in [0.5, 0.6) is 0 Å². The minimum Gasteiger partial charge on any atom is -0.346 e. The van der Waals surface area contributed by atoms with E-state index in [2.05, 4.69) is 68.4 Å². The minimum absolute atomic E-state index is 0.0501. The van der Waals surface area contributed by atoms with Crippen LogP contribution in [-0.2, 0) is 12.0 Å². The zero-order valence-electron chi connectivity index (χ0n) is 18.3. The molecule has 1 aromatic heterocycles. The van der Waals surface area contributed by atoms with Crippen LogP contribution >= 0.6 is 0 Å². The number of aryl methyl sites for hydroxylation is 2. The fourth-order valence-corrected chi connectivity index (χ4v) is 3.40. The van der Waals surface area contributed by atoms with Crippen molar-refractivity contribution in [3.63, 3.8) is 0 Å². The molecule has 3 rings (SSSR count). The van der Waals surface area contributed by atoms with Crippen molar-refractivity contribution >= 4 is 5.91 Å². The number of carbonyl (C=O) groups is 1. The van der Waals surface area contributed by atoms with E-state index in [4.69, 9.17) is 0 Å². The highest BCUT2D eigenvalue weighted by molar-refractivity contribution is 5.94. The smallest absolute Gasteiger partial charge is 0.251 e. The number of nitrogens with one attached hydrogen (secondary N) is 1. The van der Waals surface area contributed by atoms with Crippen LogP contribution in [0.2, 0.25) is 0 Å². The van der Waals surface area contributed by atoms with Gasteiger partial charge in [0.2, 0.25) is 0 Å². The van der Waals surface area contributed by atoms with E-state index in [9.17, 15) is 4.79 Å². The zero-order chi connectivity index (χ0) is 21.2. The standard InChI is InChI=1S/C25H31N3O/c1-17-15-18(2)28(27-17)16-20-7-9-22(10-8-20)24(29)26-19(3)21-11-13-23(14-12-21)25(4,5)6/h7-15,19H,16H2,1-6H3,(H,26,29). The fraction of sp³-hybridized carbons (Fsp3) is 0.360. The maximum absolute atomic E-state index is 12.7. The Morgan fingerprint density at radius 3 is 2.17 bits per heavy atom. The molecule has 0 aliphatic carbocycles. The van der Waals surface area contributed by atoms with E-state index in [1.165, 1.54) is 5.56 Å². The average Bonchev–Trinajstić information content (AvgIpc) is 2.98. The molecule has 29 heavy (non-hydrogen) atoms. The molecule has 0 saturated carbocycles. The summed E-state index contributed by atoms with van der Waals surface area (Å²) in [7, 11) is 0. The predicted octanol–water partition coefficient (Wildman–Crippen LogP) is 5.34. The molecule has 1 atom stereocenters. The Morgan fingerprint density at radius 1 is 1.03 bits per heavy atom. The summed E-state index contributed by atoms with van der Waals surface area (Å²) in [6.45, 7) is 13.4. The number of aromatic nitrogens is 2. The van der Waals surface area contributed by atoms with Gasteiger partial charge in [0, 0.05) is 11.3 Å². The van der Waals surface area contributed by atoms with Gasteiger partial charge in [0.1, 0.15) is 0 Å². The SMILES string of the molecule is Cc1cc(C)n(Cc2ccc(C(=O)NC(C)c3ccc(C(C)(C)C)cc3)cc2)n1. The van der Waals surface area contributed by atoms with Gasteiger partial charge in [-0.2, -0.15) is 5.10 Å². The van der Waals surface area contributed by atoms with Crippen molar-refractivity contribution in [3.05, 3.63) is 88.2 Å². The largest absolute Gasteiger partial charge is 0.346 e. The van der Waals surface area contributed by atoms with Crippen molar-refractivity contribution in [2.45, 2.75) is 59.5 Å². The monoisotopic (exact) mass is 389 g/mol. The van der Waals surface area contributed by atoms with Gasteiger partial charge >= 0.3 is 0 Å². The van der Waals surface area contributed by atoms with Gasteiger partial charge in [-0.15, -0.1) is 0 Å². The van der Waals surface area contributed by atoms with E-state index >= 15 is 0 Å². The van der Waals surface area contributed by atoms with Crippen LogP contribution in [0.1, 0.15) is 72.2 Å². The first-order valence-electron chi connectivity index (χ1n) is 10.1. The van der Waals surface area contributed by atoms with Crippen LogP contribution in [0, 0.1) is 13.8 Å². The zero-order valence-corrected chi connectivity index (χ0v) is 18.3. The number of hydrogen-bond donors (Lipinski definition) is 1. The average molecular weight is 390 g/mol. The molecule has 0 saturated heterocycles. The number of amides is 1. The second kappa shape index (κ2) is 8.24. The Hall–Kier alpha value is -2.88. The van der Waals surface area contributed by atoms with Crippen molar-refractivity contribution in [2.24, 2.45) is 0 Å². The molecule has 0 spiro atoms. The molecule has 152 valence electrons. The molecule has 2 aromatic carbocycles. The molecular formula is C25H31N3O. The van der Waals surface area contributed by atoms with Crippen molar-refractivity contribution in [2.75, 3.05) is 0 Å². The van der Waals surface area contributed by atoms with Crippen LogP contribution in [0.3, 0.4) is 0 Å². The molecule has 4 nitrogen and oxygen atoms in total. The summed E-state index contributed by atoms with van der Waals surface area (Å²) in [5.41, 5.74) is 6.46. The topological polar surface area (TPSA) is 46.9 Å². The molecule has 1 amide bonds. The Labute approximate surface area is 174 Å². The molecule has 0 aliphatic rings. The maximum atomic E-state index is 12.7. The van der Waals surface area contributed by atoms with Gasteiger partial charge in [-0.25, -0.2) is 0 Å². The lowest BCUT2D eigenvalue weighted by atomic mass is 9.86. The summed E-state index contributed by atoms with van der Waals surface area (Å²) in [5.74, 6) is -0.0601. The van der Waals surface area contributed by atoms with Crippen LogP contribution < -0.4 is 5.32 Å². The first-order chi connectivity index (χ1) is 13.6. The maximum Gasteiger partial charge on any atom is 0.251 e. The van der Waals surface area contributed by atoms with Crippen LogP contribution in [0.25, 0.3) is 0 Å². The van der Waals surface area contributed by atoms with E-state index < -0.39 is 0 Å².